The lowest BCUT2D eigenvalue weighted by Gasteiger charge is -2.29. The summed E-state index contributed by atoms with van der Waals surface area (Å²) in [6, 6.07) is 3.59. The highest BCUT2D eigenvalue weighted by Gasteiger charge is 2.28. The van der Waals surface area contributed by atoms with Crippen molar-refractivity contribution < 1.29 is 27.4 Å². The molecule has 0 aromatic carbocycles. The minimum atomic E-state index is -2.88. The Hall–Kier alpha value is -2.26. The van der Waals surface area contributed by atoms with Gasteiger partial charge in [-0.3, -0.25) is 9.97 Å². The van der Waals surface area contributed by atoms with Gasteiger partial charge in [-0.25, -0.2) is 17.6 Å². The summed E-state index contributed by atoms with van der Waals surface area (Å²) in [5, 5.41) is 9.52. The predicted octanol–water partition coefficient (Wildman–Crippen LogP) is 4.13. The second-order valence-corrected chi connectivity index (χ2v) is 7.09. The fourth-order valence-corrected chi connectivity index (χ4v) is 2.84. The molecule has 1 unspecified atom stereocenters. The van der Waals surface area contributed by atoms with Crippen molar-refractivity contribution in [3.63, 3.8) is 0 Å². The molecule has 154 valence electrons. The first kappa shape index (κ1) is 22.0. The van der Waals surface area contributed by atoms with Crippen LogP contribution in [0.1, 0.15) is 44.4 Å². The number of pyridine rings is 2. The molecule has 1 atom stereocenters. The molecule has 2 heterocycles. The topological polar surface area (TPSA) is 81.3 Å². The van der Waals surface area contributed by atoms with Crippen molar-refractivity contribution in [3.05, 3.63) is 41.9 Å². The van der Waals surface area contributed by atoms with Crippen LogP contribution < -0.4 is 10.5 Å². The zero-order valence-electron chi connectivity index (χ0n) is 15.6. The smallest absolute Gasteiger partial charge is 0.280 e. The highest BCUT2D eigenvalue weighted by Crippen LogP contribution is 2.33. The Morgan fingerprint density at radius 1 is 1.14 bits per heavy atom. The Kier molecular flexibility index (Phi) is 7.31. The molecule has 0 amide bonds. The lowest BCUT2D eigenvalue weighted by Crippen LogP contribution is -2.50. The van der Waals surface area contributed by atoms with Crippen LogP contribution in [-0.4, -0.2) is 33.8 Å². The molecule has 0 aliphatic rings. The van der Waals surface area contributed by atoms with Crippen LogP contribution in [0, 0.1) is 5.92 Å². The van der Waals surface area contributed by atoms with Gasteiger partial charge < -0.3 is 15.6 Å². The van der Waals surface area contributed by atoms with Crippen LogP contribution in [0.5, 0.6) is 5.75 Å². The second kappa shape index (κ2) is 9.29. The minimum Gasteiger partial charge on any atom is -0.489 e. The number of ether oxygens (including phenoxy) is 1. The average Bonchev–Trinajstić information content (AvgIpc) is 2.65. The minimum absolute atomic E-state index is 0.0929. The third-order valence-corrected chi connectivity index (χ3v) is 4.08. The maximum absolute atomic E-state index is 13.5. The lowest BCUT2D eigenvalue weighted by atomic mass is 9.91. The van der Waals surface area contributed by atoms with E-state index < -0.39 is 29.6 Å². The number of rotatable bonds is 9. The highest BCUT2D eigenvalue weighted by atomic mass is 19.3. The zero-order valence-corrected chi connectivity index (χ0v) is 15.6. The molecular formula is C19H23F4N3O2. The van der Waals surface area contributed by atoms with E-state index in [2.05, 4.69) is 9.97 Å². The molecule has 2 aromatic heterocycles. The fraction of sp³-hybridized carbons (Fsp3) is 0.474. The Morgan fingerprint density at radius 2 is 1.86 bits per heavy atom. The first-order valence-electron chi connectivity index (χ1n) is 8.70. The van der Waals surface area contributed by atoms with Crippen molar-refractivity contribution in [2.75, 3.05) is 13.2 Å². The molecule has 5 nitrogen and oxygen atoms in total. The molecule has 0 saturated carbocycles. The van der Waals surface area contributed by atoms with E-state index in [0.717, 1.165) is 18.3 Å². The molecule has 0 fully saturated rings. The Bertz CT molecular complexity index is 790. The number of hydrogen-bond acceptors (Lipinski definition) is 5. The van der Waals surface area contributed by atoms with Gasteiger partial charge in [0.15, 0.2) is 0 Å². The van der Waals surface area contributed by atoms with E-state index in [0.29, 0.717) is 6.42 Å². The SMILES string of the molecule is CC(C)CC(N)(CO)COc1cnc(-c2ccnc(C(F)F)c2)cc1C(F)F. The van der Waals surface area contributed by atoms with E-state index in [-0.39, 0.29) is 36.1 Å². The van der Waals surface area contributed by atoms with Crippen LogP contribution in [0.3, 0.4) is 0 Å². The number of aromatic nitrogens is 2. The average molecular weight is 401 g/mol. The summed E-state index contributed by atoms with van der Waals surface area (Å²) in [5.74, 6) is 0.000427. The van der Waals surface area contributed by atoms with Crippen molar-refractivity contribution in [3.8, 4) is 17.0 Å². The van der Waals surface area contributed by atoms with Gasteiger partial charge in [-0.2, -0.15) is 0 Å². The van der Waals surface area contributed by atoms with Gasteiger partial charge in [-0.15, -0.1) is 0 Å². The molecule has 0 bridgehead atoms. The van der Waals surface area contributed by atoms with E-state index >= 15 is 0 Å². The van der Waals surface area contributed by atoms with Crippen molar-refractivity contribution >= 4 is 0 Å². The van der Waals surface area contributed by atoms with Crippen LogP contribution in [0.2, 0.25) is 0 Å². The van der Waals surface area contributed by atoms with Gasteiger partial charge in [0.25, 0.3) is 12.9 Å². The molecule has 0 aliphatic carbocycles. The van der Waals surface area contributed by atoms with Crippen LogP contribution in [0.15, 0.2) is 30.6 Å². The van der Waals surface area contributed by atoms with Gasteiger partial charge in [0, 0.05) is 11.8 Å². The highest BCUT2D eigenvalue weighted by molar-refractivity contribution is 5.61. The predicted molar refractivity (Wildman–Crippen MR) is 96.3 cm³/mol. The number of nitrogens with zero attached hydrogens (tertiary/aromatic N) is 2. The number of aliphatic hydroxyl groups excluding tert-OH is 1. The normalized spacial score (nSPS) is 14.0. The van der Waals surface area contributed by atoms with Crippen LogP contribution in [0.4, 0.5) is 17.6 Å². The molecule has 2 rings (SSSR count). The quantitative estimate of drug-likeness (QED) is 0.618. The van der Waals surface area contributed by atoms with Gasteiger partial charge in [-0.1, -0.05) is 13.8 Å². The summed E-state index contributed by atoms with van der Waals surface area (Å²) in [6.07, 6.45) is -2.95. The standard InChI is InChI=1S/C19H23F4N3O2/c1-11(2)7-19(24,9-27)10-28-16-8-26-14(6-13(16)17(20)21)12-3-4-25-15(5-12)18(22)23/h3-6,8,11,17-18,27H,7,9-10,24H2,1-2H3. The molecule has 0 spiro atoms. The fourth-order valence-electron chi connectivity index (χ4n) is 2.84. The van der Waals surface area contributed by atoms with E-state index in [1.54, 1.807) is 0 Å². The summed E-state index contributed by atoms with van der Waals surface area (Å²) < 4.78 is 58.1. The first-order chi connectivity index (χ1) is 13.1. The molecular weight excluding hydrogens is 378 g/mol. The number of alkyl halides is 4. The molecule has 3 N–H and O–H groups in total. The Balaban J connectivity index is 2.29. The van der Waals surface area contributed by atoms with Crippen LogP contribution >= 0.6 is 0 Å². The number of hydrogen-bond donors (Lipinski definition) is 2. The Labute approximate surface area is 160 Å². The summed E-state index contributed by atoms with van der Waals surface area (Å²) >= 11 is 0. The third kappa shape index (κ3) is 5.62. The van der Waals surface area contributed by atoms with Gasteiger partial charge in [-0.05, 0) is 30.5 Å². The molecule has 0 radical (unpaired) electrons. The molecule has 2 aromatic rings. The Morgan fingerprint density at radius 3 is 2.43 bits per heavy atom. The van der Waals surface area contributed by atoms with Gasteiger partial charge in [0.05, 0.1) is 29.6 Å². The third-order valence-electron chi connectivity index (χ3n) is 4.08. The molecule has 28 heavy (non-hydrogen) atoms. The number of aliphatic hydroxyl groups is 1. The monoisotopic (exact) mass is 401 g/mol. The van der Waals surface area contributed by atoms with E-state index in [1.807, 2.05) is 13.8 Å². The van der Waals surface area contributed by atoms with Gasteiger partial charge in [0.2, 0.25) is 0 Å². The summed E-state index contributed by atoms with van der Waals surface area (Å²) in [5.41, 5.74) is 4.42. The van der Waals surface area contributed by atoms with E-state index in [9.17, 15) is 22.7 Å². The second-order valence-electron chi connectivity index (χ2n) is 7.09. The molecule has 0 saturated heterocycles. The maximum Gasteiger partial charge on any atom is 0.280 e. The lowest BCUT2D eigenvalue weighted by molar-refractivity contribution is 0.107. The zero-order chi connectivity index (χ0) is 20.9. The molecule has 0 aliphatic heterocycles. The van der Waals surface area contributed by atoms with Crippen molar-refractivity contribution in [2.24, 2.45) is 11.7 Å². The number of halogens is 4. The first-order valence-corrected chi connectivity index (χ1v) is 8.70. The largest absolute Gasteiger partial charge is 0.489 e. The van der Waals surface area contributed by atoms with Crippen LogP contribution in [0.25, 0.3) is 11.3 Å². The maximum atomic E-state index is 13.5. The van der Waals surface area contributed by atoms with Gasteiger partial charge in [0.1, 0.15) is 18.1 Å². The van der Waals surface area contributed by atoms with E-state index in [4.69, 9.17) is 10.5 Å². The number of nitrogens with two attached hydrogens (primary N) is 1. The summed E-state index contributed by atoms with van der Waals surface area (Å²) in [6.45, 7) is 3.29. The van der Waals surface area contributed by atoms with Crippen molar-refractivity contribution in [1.82, 2.24) is 9.97 Å². The van der Waals surface area contributed by atoms with Crippen molar-refractivity contribution in [2.45, 2.75) is 38.7 Å². The molecule has 9 heteroatoms. The summed E-state index contributed by atoms with van der Waals surface area (Å²) in [4.78, 5) is 7.59. The van der Waals surface area contributed by atoms with Crippen LogP contribution in [-0.2, 0) is 0 Å². The van der Waals surface area contributed by atoms with Gasteiger partial charge >= 0.3 is 0 Å². The van der Waals surface area contributed by atoms with E-state index in [1.165, 1.54) is 12.3 Å². The summed E-state index contributed by atoms with van der Waals surface area (Å²) in [7, 11) is 0. The van der Waals surface area contributed by atoms with Crippen molar-refractivity contribution in [1.29, 1.82) is 0 Å².